The normalized spacial score (nSPS) is 12.8. The standard InChI is InChI=1S/C29H36N4O2.C11H12N2.C2H6.H2/c1-7-22-25(33-18-16-32(6)17-19-33)13-11-15-26(22)35-29-23(8-2)28(30-21(5)31-29)24-12-9-10-14-27(24)34-20(3)4;1-10-7-12-13(8-10)9-11-5-3-2-4-6-11;1-2;/h7,9-15,20H,1,8,16-19H2,2-6H3;2-8H,9H2,1H3;1-2H3;1H. The van der Waals surface area contributed by atoms with E-state index in [9.17, 15) is 0 Å². The van der Waals surface area contributed by atoms with Crippen molar-refractivity contribution in [2.75, 3.05) is 38.1 Å². The Bertz CT molecular complexity index is 1800. The van der Waals surface area contributed by atoms with Crippen LogP contribution in [-0.2, 0) is 13.0 Å². The third kappa shape index (κ3) is 10.0. The summed E-state index contributed by atoms with van der Waals surface area (Å²) in [6.07, 6.45) is 6.60. The van der Waals surface area contributed by atoms with Gasteiger partial charge < -0.3 is 19.3 Å². The van der Waals surface area contributed by atoms with E-state index in [1.165, 1.54) is 11.1 Å². The maximum atomic E-state index is 6.54. The smallest absolute Gasteiger partial charge is 0.226 e. The molecule has 50 heavy (non-hydrogen) atoms. The number of hydrogen-bond acceptors (Lipinski definition) is 7. The average Bonchev–Trinajstić information content (AvgIpc) is 3.54. The van der Waals surface area contributed by atoms with Crippen LogP contribution in [0.1, 0.15) is 64.1 Å². The van der Waals surface area contributed by atoms with E-state index in [2.05, 4.69) is 60.6 Å². The van der Waals surface area contributed by atoms with Crippen LogP contribution in [0.5, 0.6) is 17.4 Å². The van der Waals surface area contributed by atoms with Crippen LogP contribution >= 0.6 is 0 Å². The monoisotopic (exact) mass is 676 g/mol. The highest BCUT2D eigenvalue weighted by atomic mass is 16.5. The van der Waals surface area contributed by atoms with Crippen LogP contribution in [0.2, 0.25) is 0 Å². The summed E-state index contributed by atoms with van der Waals surface area (Å²) in [6, 6.07) is 24.5. The number of benzene rings is 3. The number of para-hydroxylation sites is 1. The van der Waals surface area contributed by atoms with E-state index < -0.39 is 0 Å². The molecule has 1 aliphatic heterocycles. The highest BCUT2D eigenvalue weighted by Gasteiger charge is 2.22. The summed E-state index contributed by atoms with van der Waals surface area (Å²) >= 11 is 0. The first-order valence-corrected chi connectivity index (χ1v) is 17.8. The van der Waals surface area contributed by atoms with Gasteiger partial charge in [-0.25, -0.2) is 4.98 Å². The predicted molar refractivity (Wildman–Crippen MR) is 210 cm³/mol. The van der Waals surface area contributed by atoms with Gasteiger partial charge in [-0.3, -0.25) is 4.68 Å². The molecule has 0 bridgehead atoms. The van der Waals surface area contributed by atoms with Gasteiger partial charge in [0.25, 0.3) is 0 Å². The lowest BCUT2D eigenvalue weighted by Crippen LogP contribution is -2.44. The fourth-order valence-electron chi connectivity index (χ4n) is 5.79. The van der Waals surface area contributed by atoms with Gasteiger partial charge in [0, 0.05) is 56.2 Å². The van der Waals surface area contributed by atoms with Gasteiger partial charge in [0.1, 0.15) is 17.3 Å². The minimum Gasteiger partial charge on any atom is -0.490 e. The van der Waals surface area contributed by atoms with Crippen LogP contribution in [0.25, 0.3) is 17.3 Å². The molecule has 0 saturated carbocycles. The van der Waals surface area contributed by atoms with Crippen molar-refractivity contribution in [1.29, 1.82) is 0 Å². The number of aryl methyl sites for hydroxylation is 2. The molecule has 8 heteroatoms. The molecule has 0 unspecified atom stereocenters. The predicted octanol–water partition coefficient (Wildman–Crippen LogP) is 9.50. The summed E-state index contributed by atoms with van der Waals surface area (Å²) in [6.45, 7) is 23.1. The van der Waals surface area contributed by atoms with E-state index in [-0.39, 0.29) is 7.53 Å². The van der Waals surface area contributed by atoms with E-state index in [1.54, 1.807) is 0 Å². The van der Waals surface area contributed by atoms with E-state index >= 15 is 0 Å². The molecule has 6 rings (SSSR count). The van der Waals surface area contributed by atoms with Crippen molar-refractivity contribution in [2.45, 2.75) is 67.5 Å². The zero-order chi connectivity index (χ0) is 36.0. The minimum atomic E-state index is 0. The second-order valence-corrected chi connectivity index (χ2v) is 12.4. The van der Waals surface area contributed by atoms with Crippen molar-refractivity contribution in [3.8, 4) is 28.6 Å². The third-order valence-corrected chi connectivity index (χ3v) is 8.19. The molecular formula is C42H56N6O2. The molecule has 0 aliphatic carbocycles. The third-order valence-electron chi connectivity index (χ3n) is 8.19. The number of nitrogens with zero attached hydrogens (tertiary/aromatic N) is 6. The van der Waals surface area contributed by atoms with E-state index in [0.717, 1.165) is 78.7 Å². The molecule has 1 aliphatic rings. The van der Waals surface area contributed by atoms with E-state index in [4.69, 9.17) is 19.4 Å². The topological polar surface area (TPSA) is 68.5 Å². The fourth-order valence-corrected chi connectivity index (χ4v) is 5.79. The number of anilines is 1. The summed E-state index contributed by atoms with van der Waals surface area (Å²) in [5.74, 6) is 2.79. The second-order valence-electron chi connectivity index (χ2n) is 12.4. The maximum absolute atomic E-state index is 6.54. The van der Waals surface area contributed by atoms with Gasteiger partial charge in [-0.15, -0.1) is 0 Å². The Kier molecular flexibility index (Phi) is 14.2. The number of rotatable bonds is 10. The first kappa shape index (κ1) is 37.9. The Morgan fingerprint density at radius 2 is 1.56 bits per heavy atom. The first-order valence-electron chi connectivity index (χ1n) is 17.8. The summed E-state index contributed by atoms with van der Waals surface area (Å²) in [7, 11) is 2.16. The lowest BCUT2D eigenvalue weighted by molar-refractivity contribution is 0.243. The van der Waals surface area contributed by atoms with Crippen LogP contribution in [0.3, 0.4) is 0 Å². The first-order chi connectivity index (χ1) is 24.2. The quantitative estimate of drug-likeness (QED) is 0.146. The average molecular weight is 677 g/mol. The van der Waals surface area contributed by atoms with E-state index in [0.29, 0.717) is 11.7 Å². The highest BCUT2D eigenvalue weighted by Crippen LogP contribution is 2.39. The molecule has 2 aromatic heterocycles. The molecule has 0 spiro atoms. The lowest BCUT2D eigenvalue weighted by Gasteiger charge is -2.35. The minimum absolute atomic E-state index is 0. The van der Waals surface area contributed by atoms with Crippen molar-refractivity contribution in [1.82, 2.24) is 24.6 Å². The van der Waals surface area contributed by atoms with Gasteiger partial charge in [0.2, 0.25) is 5.88 Å². The van der Waals surface area contributed by atoms with Crippen LogP contribution in [0, 0.1) is 13.8 Å². The van der Waals surface area contributed by atoms with Crippen LogP contribution in [-0.4, -0.2) is 64.0 Å². The second kappa shape index (κ2) is 18.7. The van der Waals surface area contributed by atoms with Gasteiger partial charge in [-0.05, 0) is 76.6 Å². The van der Waals surface area contributed by atoms with Gasteiger partial charge in [-0.1, -0.05) is 82.0 Å². The largest absolute Gasteiger partial charge is 0.490 e. The van der Waals surface area contributed by atoms with Crippen molar-refractivity contribution in [2.24, 2.45) is 0 Å². The van der Waals surface area contributed by atoms with E-state index in [1.807, 2.05) is 112 Å². The molecule has 1 fully saturated rings. The molecule has 0 amide bonds. The highest BCUT2D eigenvalue weighted by molar-refractivity contribution is 5.74. The van der Waals surface area contributed by atoms with Crippen molar-refractivity contribution < 1.29 is 10.9 Å². The molecule has 8 nitrogen and oxygen atoms in total. The maximum Gasteiger partial charge on any atom is 0.226 e. The lowest BCUT2D eigenvalue weighted by atomic mass is 10.0. The summed E-state index contributed by atoms with van der Waals surface area (Å²) < 4.78 is 14.6. The Hall–Kier alpha value is -4.95. The molecule has 1 saturated heterocycles. The number of ether oxygens (including phenoxy) is 2. The summed E-state index contributed by atoms with van der Waals surface area (Å²) in [5.41, 5.74) is 7.37. The van der Waals surface area contributed by atoms with Gasteiger partial charge in [-0.2, -0.15) is 10.1 Å². The number of likely N-dealkylation sites (N-methyl/N-ethyl adjacent to an activating group) is 1. The van der Waals surface area contributed by atoms with Crippen LogP contribution in [0.15, 0.2) is 91.8 Å². The summed E-state index contributed by atoms with van der Waals surface area (Å²) in [5, 5.41) is 4.23. The van der Waals surface area contributed by atoms with Crippen molar-refractivity contribution >= 4 is 11.8 Å². The van der Waals surface area contributed by atoms with Gasteiger partial charge >= 0.3 is 0 Å². The van der Waals surface area contributed by atoms with Crippen LogP contribution < -0.4 is 14.4 Å². The Balaban J connectivity index is 0.000000366. The Morgan fingerprint density at radius 1 is 0.880 bits per heavy atom. The number of hydrogen-bond donors (Lipinski definition) is 0. The molecule has 0 N–H and O–H groups in total. The van der Waals surface area contributed by atoms with Crippen molar-refractivity contribution in [3.05, 3.63) is 120 Å². The molecule has 5 aromatic rings. The zero-order valence-corrected chi connectivity index (χ0v) is 31.2. The van der Waals surface area contributed by atoms with Gasteiger partial charge in [0.15, 0.2) is 0 Å². The molecule has 3 aromatic carbocycles. The van der Waals surface area contributed by atoms with Gasteiger partial charge in [0.05, 0.1) is 24.5 Å². The molecular weight excluding hydrogens is 621 g/mol. The Labute approximate surface area is 300 Å². The Morgan fingerprint density at radius 3 is 2.20 bits per heavy atom. The van der Waals surface area contributed by atoms with Crippen molar-refractivity contribution in [3.63, 3.8) is 0 Å². The number of aromatic nitrogens is 4. The number of piperazine rings is 1. The van der Waals surface area contributed by atoms with Crippen LogP contribution in [0.4, 0.5) is 5.69 Å². The molecule has 3 heterocycles. The molecule has 266 valence electrons. The molecule has 0 radical (unpaired) electrons. The fraction of sp³-hybridized carbons (Fsp3) is 0.357. The SMILES string of the molecule is C=Cc1c(Oc2nc(C)nc(-c3ccccc3OC(C)C)c2CC)cccc1N1CCN(C)CC1.CC.Cc1cnn(Cc2ccccc2)c1.[HH]. The molecule has 0 atom stereocenters. The zero-order valence-electron chi connectivity index (χ0n) is 31.2. The summed E-state index contributed by atoms with van der Waals surface area (Å²) in [4.78, 5) is 14.3.